The lowest BCUT2D eigenvalue weighted by Crippen LogP contribution is -2.35. The Kier molecular flexibility index (Phi) is 6.25. The second-order valence-corrected chi connectivity index (χ2v) is 10.4. The van der Waals surface area contributed by atoms with Crippen molar-refractivity contribution in [2.24, 2.45) is 0 Å². The Bertz CT molecular complexity index is 1070. The first kappa shape index (κ1) is 21.3. The summed E-state index contributed by atoms with van der Waals surface area (Å²) in [7, 11) is -7.42. The van der Waals surface area contributed by atoms with Crippen LogP contribution >= 0.6 is 0 Å². The number of amides is 1. The van der Waals surface area contributed by atoms with Gasteiger partial charge in [0.05, 0.1) is 9.79 Å². The second-order valence-electron chi connectivity index (χ2n) is 6.80. The van der Waals surface area contributed by atoms with Crippen molar-refractivity contribution in [3.05, 3.63) is 48.5 Å². The van der Waals surface area contributed by atoms with E-state index in [-0.39, 0.29) is 21.4 Å². The number of hydrogen-bond acceptors (Lipinski definition) is 5. The van der Waals surface area contributed by atoms with Gasteiger partial charge in [-0.3, -0.25) is 9.52 Å². The molecule has 0 saturated carbocycles. The molecule has 10 heteroatoms. The molecule has 0 bridgehead atoms. The van der Waals surface area contributed by atoms with Crippen molar-refractivity contribution in [2.75, 3.05) is 23.1 Å². The van der Waals surface area contributed by atoms with Crippen molar-refractivity contribution in [3.8, 4) is 0 Å². The fourth-order valence-electron chi connectivity index (χ4n) is 3.08. The first-order valence-corrected chi connectivity index (χ1v) is 12.1. The molecular formula is C19H23N3O5S2. The average Bonchev–Trinajstić information content (AvgIpc) is 2.69. The van der Waals surface area contributed by atoms with Gasteiger partial charge in [-0.2, -0.15) is 4.31 Å². The average molecular weight is 438 g/mol. The molecule has 1 fully saturated rings. The van der Waals surface area contributed by atoms with Gasteiger partial charge in [0, 0.05) is 31.4 Å². The van der Waals surface area contributed by atoms with Crippen LogP contribution in [0, 0.1) is 0 Å². The predicted molar refractivity (Wildman–Crippen MR) is 111 cm³/mol. The zero-order valence-electron chi connectivity index (χ0n) is 16.0. The Morgan fingerprint density at radius 3 is 1.86 bits per heavy atom. The molecule has 3 rings (SSSR count). The second kappa shape index (κ2) is 8.52. The number of benzene rings is 2. The van der Waals surface area contributed by atoms with Gasteiger partial charge >= 0.3 is 0 Å². The lowest BCUT2D eigenvalue weighted by Gasteiger charge is -2.25. The van der Waals surface area contributed by atoms with Crippen molar-refractivity contribution in [2.45, 2.75) is 36.0 Å². The molecule has 1 aliphatic heterocycles. The molecule has 8 nitrogen and oxygen atoms in total. The van der Waals surface area contributed by atoms with Gasteiger partial charge in [0.25, 0.3) is 10.0 Å². The van der Waals surface area contributed by atoms with Crippen LogP contribution in [-0.4, -0.2) is 40.1 Å². The minimum atomic E-state index is -3.85. The molecule has 29 heavy (non-hydrogen) atoms. The van der Waals surface area contributed by atoms with Gasteiger partial charge in [0.2, 0.25) is 15.9 Å². The number of hydrogen-bond donors (Lipinski definition) is 2. The van der Waals surface area contributed by atoms with E-state index < -0.39 is 20.0 Å². The molecule has 2 aromatic carbocycles. The van der Waals surface area contributed by atoms with E-state index in [1.807, 2.05) is 0 Å². The van der Waals surface area contributed by atoms with E-state index in [1.165, 1.54) is 59.8 Å². The summed E-state index contributed by atoms with van der Waals surface area (Å²) < 4.78 is 54.3. The summed E-state index contributed by atoms with van der Waals surface area (Å²) in [6, 6.07) is 11.4. The minimum absolute atomic E-state index is 0.0246. The summed E-state index contributed by atoms with van der Waals surface area (Å²) in [6.45, 7) is 2.37. The van der Waals surface area contributed by atoms with E-state index in [0.29, 0.717) is 18.8 Å². The third-order valence-electron chi connectivity index (χ3n) is 4.54. The molecule has 2 aromatic rings. The van der Waals surface area contributed by atoms with Crippen molar-refractivity contribution in [1.82, 2.24) is 4.31 Å². The number of anilines is 2. The molecule has 1 heterocycles. The normalized spacial score (nSPS) is 15.6. The third-order valence-corrected chi connectivity index (χ3v) is 7.85. The molecule has 0 unspecified atom stereocenters. The zero-order valence-corrected chi connectivity index (χ0v) is 17.6. The van der Waals surface area contributed by atoms with Crippen LogP contribution in [0.5, 0.6) is 0 Å². The van der Waals surface area contributed by atoms with E-state index in [4.69, 9.17) is 0 Å². The molecule has 0 aliphatic carbocycles. The number of nitrogens with one attached hydrogen (secondary N) is 2. The fraction of sp³-hybridized carbons (Fsp3) is 0.316. The van der Waals surface area contributed by atoms with Crippen molar-refractivity contribution in [1.29, 1.82) is 0 Å². The van der Waals surface area contributed by atoms with Crippen molar-refractivity contribution >= 4 is 37.3 Å². The molecule has 0 aromatic heterocycles. The van der Waals surface area contributed by atoms with Gasteiger partial charge < -0.3 is 5.32 Å². The highest BCUT2D eigenvalue weighted by Gasteiger charge is 2.26. The Balaban J connectivity index is 1.74. The molecule has 0 radical (unpaired) electrons. The van der Waals surface area contributed by atoms with Gasteiger partial charge in [-0.05, 0) is 61.4 Å². The minimum Gasteiger partial charge on any atom is -0.326 e. The number of sulfonamides is 2. The van der Waals surface area contributed by atoms with Crippen molar-refractivity contribution < 1.29 is 21.6 Å². The summed E-state index contributed by atoms with van der Waals surface area (Å²) >= 11 is 0. The van der Waals surface area contributed by atoms with Crippen LogP contribution in [0.25, 0.3) is 0 Å². The standard InChI is InChI=1S/C19H23N3O5S2/c1-15(23)20-16-5-9-18(10-6-16)28(24,25)21-17-7-11-19(12-8-17)29(26,27)22-13-3-2-4-14-22/h5-12,21H,2-4,13-14H2,1H3,(H,20,23). The monoisotopic (exact) mass is 437 g/mol. The van der Waals surface area contributed by atoms with Gasteiger partial charge in [0.15, 0.2) is 0 Å². The van der Waals surface area contributed by atoms with Gasteiger partial charge in [-0.15, -0.1) is 0 Å². The number of piperidine rings is 1. The summed E-state index contributed by atoms with van der Waals surface area (Å²) in [4.78, 5) is 11.2. The van der Waals surface area contributed by atoms with Crippen LogP contribution < -0.4 is 10.0 Å². The van der Waals surface area contributed by atoms with Gasteiger partial charge in [-0.1, -0.05) is 6.42 Å². The third kappa shape index (κ3) is 5.14. The van der Waals surface area contributed by atoms with E-state index in [1.54, 1.807) is 0 Å². The highest BCUT2D eigenvalue weighted by molar-refractivity contribution is 7.92. The maximum absolute atomic E-state index is 12.7. The summed E-state index contributed by atoms with van der Waals surface area (Å²) in [5, 5.41) is 2.57. The highest BCUT2D eigenvalue weighted by atomic mass is 32.2. The van der Waals surface area contributed by atoms with Crippen LogP contribution in [0.1, 0.15) is 26.2 Å². The van der Waals surface area contributed by atoms with Crippen LogP contribution in [0.3, 0.4) is 0 Å². The molecule has 1 aliphatic rings. The Morgan fingerprint density at radius 2 is 1.31 bits per heavy atom. The largest absolute Gasteiger partial charge is 0.326 e. The molecule has 0 spiro atoms. The van der Waals surface area contributed by atoms with Gasteiger partial charge in [0.1, 0.15) is 0 Å². The molecule has 0 atom stereocenters. The number of carbonyl (C=O) groups excluding carboxylic acids is 1. The Labute approximate surface area is 171 Å². The number of carbonyl (C=O) groups is 1. The van der Waals surface area contributed by atoms with E-state index >= 15 is 0 Å². The SMILES string of the molecule is CC(=O)Nc1ccc(S(=O)(=O)Nc2ccc(S(=O)(=O)N3CCCCC3)cc2)cc1. The zero-order chi connectivity index (χ0) is 21.1. The highest BCUT2D eigenvalue weighted by Crippen LogP contribution is 2.23. The number of nitrogens with zero attached hydrogens (tertiary/aromatic N) is 1. The van der Waals surface area contributed by atoms with E-state index in [9.17, 15) is 21.6 Å². The molecule has 2 N–H and O–H groups in total. The van der Waals surface area contributed by atoms with Gasteiger partial charge in [-0.25, -0.2) is 16.8 Å². The van der Waals surface area contributed by atoms with Crippen molar-refractivity contribution in [3.63, 3.8) is 0 Å². The topological polar surface area (TPSA) is 113 Å². The maximum atomic E-state index is 12.7. The Morgan fingerprint density at radius 1 is 0.793 bits per heavy atom. The van der Waals surface area contributed by atoms with E-state index in [0.717, 1.165) is 19.3 Å². The fourth-order valence-corrected chi connectivity index (χ4v) is 5.66. The smallest absolute Gasteiger partial charge is 0.261 e. The lowest BCUT2D eigenvalue weighted by molar-refractivity contribution is -0.114. The Hall–Kier alpha value is -2.43. The summed E-state index contributed by atoms with van der Waals surface area (Å²) in [6.07, 6.45) is 2.72. The molecule has 1 amide bonds. The molecule has 156 valence electrons. The first-order chi connectivity index (χ1) is 13.7. The molecular weight excluding hydrogens is 414 g/mol. The van der Waals surface area contributed by atoms with Crippen LogP contribution in [0.15, 0.2) is 58.3 Å². The van der Waals surface area contributed by atoms with Crippen LogP contribution in [-0.2, 0) is 24.8 Å². The quantitative estimate of drug-likeness (QED) is 0.721. The lowest BCUT2D eigenvalue weighted by atomic mass is 10.2. The first-order valence-electron chi connectivity index (χ1n) is 9.19. The predicted octanol–water partition coefficient (Wildman–Crippen LogP) is 2.62. The maximum Gasteiger partial charge on any atom is 0.261 e. The van der Waals surface area contributed by atoms with Crippen LogP contribution in [0.4, 0.5) is 11.4 Å². The van der Waals surface area contributed by atoms with E-state index in [2.05, 4.69) is 10.0 Å². The summed E-state index contributed by atoms with van der Waals surface area (Å²) in [5.74, 6) is -0.252. The molecule has 1 saturated heterocycles. The summed E-state index contributed by atoms with van der Waals surface area (Å²) in [5.41, 5.74) is 0.747. The van der Waals surface area contributed by atoms with Crippen LogP contribution in [0.2, 0.25) is 0 Å². The number of rotatable bonds is 6.